The molecule has 0 aliphatic carbocycles. The van der Waals surface area contributed by atoms with Crippen LogP contribution >= 0.6 is 0 Å². The Labute approximate surface area is 91.6 Å². The average Bonchev–Trinajstić information content (AvgIpc) is 2.23. The monoisotopic (exact) mass is 230 g/mol. The van der Waals surface area contributed by atoms with Crippen LogP contribution in [0.25, 0.3) is 0 Å². The molecule has 0 aliphatic heterocycles. The summed E-state index contributed by atoms with van der Waals surface area (Å²) in [5.41, 5.74) is -0.210. The Kier molecular flexibility index (Phi) is 4.19. The molecule has 0 aliphatic rings. The molecule has 6 heteroatoms. The van der Waals surface area contributed by atoms with Crippen molar-refractivity contribution in [3.8, 4) is 5.75 Å². The van der Waals surface area contributed by atoms with E-state index < -0.39 is 17.5 Å². The molecule has 0 aromatic heterocycles. The fourth-order valence-electron chi connectivity index (χ4n) is 1.14. The van der Waals surface area contributed by atoms with Crippen LogP contribution in [-0.4, -0.2) is 26.6 Å². The second-order valence-corrected chi connectivity index (χ2v) is 3.05. The first-order valence-electron chi connectivity index (χ1n) is 4.56. The maximum absolute atomic E-state index is 13.3. The van der Waals surface area contributed by atoms with Gasteiger partial charge in [0, 0.05) is 12.1 Å². The lowest BCUT2D eigenvalue weighted by atomic mass is 10.2. The molecule has 0 atom stereocenters. The van der Waals surface area contributed by atoms with Gasteiger partial charge in [-0.05, 0) is 7.05 Å². The van der Waals surface area contributed by atoms with E-state index in [0.29, 0.717) is 0 Å². The molecule has 4 nitrogen and oxygen atoms in total. The predicted octanol–water partition coefficient (Wildman–Crippen LogP) is 1.13. The second kappa shape index (κ2) is 5.41. The van der Waals surface area contributed by atoms with Gasteiger partial charge in [0.2, 0.25) is 5.91 Å². The van der Waals surface area contributed by atoms with Crippen molar-refractivity contribution in [2.24, 2.45) is 0 Å². The Balaban J connectivity index is 2.89. The number of benzene rings is 1. The van der Waals surface area contributed by atoms with Crippen molar-refractivity contribution in [2.75, 3.05) is 26.0 Å². The SMILES string of the molecule is CNCC(=O)Nc1cc(F)c(OC)cc1F. The van der Waals surface area contributed by atoms with E-state index in [2.05, 4.69) is 15.4 Å². The number of likely N-dealkylation sites (N-methyl/N-ethyl adjacent to an activating group) is 1. The molecule has 88 valence electrons. The van der Waals surface area contributed by atoms with Crippen LogP contribution in [0.4, 0.5) is 14.5 Å². The molecule has 0 bridgehead atoms. The number of hydrogen-bond acceptors (Lipinski definition) is 3. The largest absolute Gasteiger partial charge is 0.494 e. The number of methoxy groups -OCH3 is 1. The maximum Gasteiger partial charge on any atom is 0.238 e. The van der Waals surface area contributed by atoms with Crippen molar-refractivity contribution in [3.05, 3.63) is 23.8 Å². The Morgan fingerprint density at radius 3 is 2.62 bits per heavy atom. The molecule has 0 unspecified atom stereocenters. The van der Waals surface area contributed by atoms with Gasteiger partial charge >= 0.3 is 0 Å². The van der Waals surface area contributed by atoms with Crippen molar-refractivity contribution < 1.29 is 18.3 Å². The molecule has 0 saturated heterocycles. The van der Waals surface area contributed by atoms with Crippen molar-refractivity contribution in [1.82, 2.24) is 5.32 Å². The number of anilines is 1. The quantitative estimate of drug-likeness (QED) is 0.815. The third-order valence-corrected chi connectivity index (χ3v) is 1.85. The molecule has 0 radical (unpaired) electrons. The van der Waals surface area contributed by atoms with Gasteiger partial charge in [0.15, 0.2) is 17.4 Å². The molecule has 1 aromatic carbocycles. The highest BCUT2D eigenvalue weighted by atomic mass is 19.1. The zero-order valence-electron chi connectivity index (χ0n) is 8.93. The molecule has 0 spiro atoms. The first-order chi connectivity index (χ1) is 7.58. The van der Waals surface area contributed by atoms with E-state index in [-0.39, 0.29) is 18.0 Å². The van der Waals surface area contributed by atoms with Gasteiger partial charge in [0.25, 0.3) is 0 Å². The number of carbonyl (C=O) groups excluding carboxylic acids is 1. The summed E-state index contributed by atoms with van der Waals surface area (Å²) in [4.78, 5) is 11.1. The highest BCUT2D eigenvalue weighted by Gasteiger charge is 2.12. The molecular formula is C10H12F2N2O2. The normalized spacial score (nSPS) is 10.0. The Morgan fingerprint density at radius 1 is 1.38 bits per heavy atom. The van der Waals surface area contributed by atoms with Gasteiger partial charge in [0.05, 0.1) is 19.3 Å². The van der Waals surface area contributed by atoms with Crippen LogP contribution in [0.3, 0.4) is 0 Å². The highest BCUT2D eigenvalue weighted by Crippen LogP contribution is 2.24. The number of ether oxygens (including phenoxy) is 1. The van der Waals surface area contributed by atoms with Gasteiger partial charge < -0.3 is 15.4 Å². The van der Waals surface area contributed by atoms with Crippen LogP contribution < -0.4 is 15.4 Å². The Hall–Kier alpha value is -1.69. The van der Waals surface area contributed by atoms with Gasteiger partial charge in [-0.2, -0.15) is 0 Å². The molecular weight excluding hydrogens is 218 g/mol. The number of carbonyl (C=O) groups is 1. The Morgan fingerprint density at radius 2 is 2.06 bits per heavy atom. The van der Waals surface area contributed by atoms with E-state index in [0.717, 1.165) is 12.1 Å². The smallest absolute Gasteiger partial charge is 0.238 e. The van der Waals surface area contributed by atoms with E-state index in [9.17, 15) is 13.6 Å². The van der Waals surface area contributed by atoms with Crippen molar-refractivity contribution in [2.45, 2.75) is 0 Å². The summed E-state index contributed by atoms with van der Waals surface area (Å²) in [7, 11) is 2.81. The van der Waals surface area contributed by atoms with Crippen LogP contribution in [0.15, 0.2) is 12.1 Å². The number of hydrogen-bond donors (Lipinski definition) is 2. The molecule has 1 amide bonds. The van der Waals surface area contributed by atoms with Crippen molar-refractivity contribution >= 4 is 11.6 Å². The molecule has 1 aromatic rings. The highest BCUT2D eigenvalue weighted by molar-refractivity contribution is 5.92. The maximum atomic E-state index is 13.3. The van der Waals surface area contributed by atoms with Gasteiger partial charge in [-0.1, -0.05) is 0 Å². The predicted molar refractivity (Wildman–Crippen MR) is 55.5 cm³/mol. The average molecular weight is 230 g/mol. The van der Waals surface area contributed by atoms with Gasteiger partial charge in [-0.25, -0.2) is 8.78 Å². The lowest BCUT2D eigenvalue weighted by molar-refractivity contribution is -0.115. The molecule has 16 heavy (non-hydrogen) atoms. The van der Waals surface area contributed by atoms with Crippen molar-refractivity contribution in [3.63, 3.8) is 0 Å². The zero-order chi connectivity index (χ0) is 12.1. The summed E-state index contributed by atoms with van der Waals surface area (Å²) in [5.74, 6) is -2.14. The third kappa shape index (κ3) is 2.90. The minimum atomic E-state index is -0.747. The van der Waals surface area contributed by atoms with Crippen LogP contribution in [0, 0.1) is 11.6 Å². The molecule has 0 heterocycles. The summed E-state index contributed by atoms with van der Waals surface area (Å²) < 4.78 is 31.1. The lowest BCUT2D eigenvalue weighted by Crippen LogP contribution is -2.25. The first-order valence-corrected chi connectivity index (χ1v) is 4.56. The minimum Gasteiger partial charge on any atom is -0.494 e. The van der Waals surface area contributed by atoms with Gasteiger partial charge in [0.1, 0.15) is 0 Å². The summed E-state index contributed by atoms with van der Waals surface area (Å²) in [6.07, 6.45) is 0. The van der Waals surface area contributed by atoms with Crippen LogP contribution in [0.5, 0.6) is 5.75 Å². The van der Waals surface area contributed by atoms with Gasteiger partial charge in [-0.15, -0.1) is 0 Å². The standard InChI is InChI=1S/C10H12F2N2O2/c1-13-5-10(15)14-8-3-7(12)9(16-2)4-6(8)11/h3-4,13H,5H2,1-2H3,(H,14,15). The summed E-state index contributed by atoms with van der Waals surface area (Å²) in [6.45, 7) is 0.0209. The van der Waals surface area contributed by atoms with Crippen molar-refractivity contribution in [1.29, 1.82) is 0 Å². The van der Waals surface area contributed by atoms with E-state index in [4.69, 9.17) is 0 Å². The third-order valence-electron chi connectivity index (χ3n) is 1.85. The second-order valence-electron chi connectivity index (χ2n) is 3.05. The first kappa shape index (κ1) is 12.4. The van der Waals surface area contributed by atoms with E-state index in [1.807, 2.05) is 0 Å². The van der Waals surface area contributed by atoms with Crippen LogP contribution in [-0.2, 0) is 4.79 Å². The Bertz CT molecular complexity index is 397. The minimum absolute atomic E-state index is 0.0209. The number of nitrogens with one attached hydrogen (secondary N) is 2. The lowest BCUT2D eigenvalue weighted by Gasteiger charge is -2.08. The fraction of sp³-hybridized carbons (Fsp3) is 0.300. The number of rotatable bonds is 4. The van der Waals surface area contributed by atoms with Crippen LogP contribution in [0.1, 0.15) is 0 Å². The van der Waals surface area contributed by atoms with E-state index in [1.165, 1.54) is 7.11 Å². The summed E-state index contributed by atoms with van der Waals surface area (Å²) in [6, 6.07) is 1.76. The fourth-order valence-corrected chi connectivity index (χ4v) is 1.14. The van der Waals surface area contributed by atoms with Crippen LogP contribution in [0.2, 0.25) is 0 Å². The van der Waals surface area contributed by atoms with Gasteiger partial charge in [-0.3, -0.25) is 4.79 Å². The molecule has 0 saturated carbocycles. The molecule has 2 N–H and O–H groups in total. The molecule has 0 fully saturated rings. The number of amides is 1. The summed E-state index contributed by atoms with van der Waals surface area (Å²) >= 11 is 0. The number of halogens is 2. The topological polar surface area (TPSA) is 50.4 Å². The zero-order valence-corrected chi connectivity index (χ0v) is 8.93. The summed E-state index contributed by atoms with van der Waals surface area (Å²) in [5, 5.41) is 4.82. The van der Waals surface area contributed by atoms with E-state index in [1.54, 1.807) is 7.05 Å². The molecule has 1 rings (SSSR count). The van der Waals surface area contributed by atoms with E-state index >= 15 is 0 Å².